The Morgan fingerprint density at radius 2 is 2.05 bits per heavy atom. The first kappa shape index (κ1) is 14.4. The molecule has 0 radical (unpaired) electrons. The summed E-state index contributed by atoms with van der Waals surface area (Å²) in [5.74, 6) is 1.05. The zero-order valence-electron chi connectivity index (χ0n) is 12.8. The monoisotopic (exact) mass is 299 g/mol. The Hall–Kier alpha value is -1.58. The van der Waals surface area contributed by atoms with Crippen molar-refractivity contribution in [3.05, 3.63) is 57.5 Å². The molecule has 0 aliphatic carbocycles. The summed E-state index contributed by atoms with van der Waals surface area (Å²) in [5.41, 5.74) is 3.66. The highest BCUT2D eigenvalue weighted by Gasteiger charge is 2.16. The summed E-state index contributed by atoms with van der Waals surface area (Å²) in [7, 11) is 0. The Bertz CT molecular complexity index is 741. The quantitative estimate of drug-likeness (QED) is 0.699. The van der Waals surface area contributed by atoms with Crippen molar-refractivity contribution in [3.8, 4) is 0 Å². The highest BCUT2D eigenvalue weighted by Crippen LogP contribution is 2.29. The maximum Gasteiger partial charge on any atom is 0.134 e. The summed E-state index contributed by atoms with van der Waals surface area (Å²) in [6.45, 7) is 7.42. The lowest BCUT2D eigenvalue weighted by atomic mass is 10.1. The van der Waals surface area contributed by atoms with E-state index >= 15 is 0 Å². The van der Waals surface area contributed by atoms with Gasteiger partial charge in [-0.1, -0.05) is 25.1 Å². The summed E-state index contributed by atoms with van der Waals surface area (Å²) in [6.07, 6.45) is 1.10. The van der Waals surface area contributed by atoms with Gasteiger partial charge in [-0.2, -0.15) is 0 Å². The van der Waals surface area contributed by atoms with Crippen LogP contribution in [-0.2, 0) is 13.0 Å². The molecule has 0 amide bonds. The van der Waals surface area contributed by atoms with Crippen molar-refractivity contribution >= 4 is 22.3 Å². The lowest BCUT2D eigenvalue weighted by Gasteiger charge is -2.12. The predicted octanol–water partition coefficient (Wildman–Crippen LogP) is 5.22. The van der Waals surface area contributed by atoms with Gasteiger partial charge in [-0.3, -0.25) is 0 Å². The minimum absolute atomic E-state index is 0.212. The molecule has 2 heterocycles. The first-order valence-corrected chi connectivity index (χ1v) is 8.35. The van der Waals surface area contributed by atoms with Gasteiger partial charge >= 0.3 is 0 Å². The Morgan fingerprint density at radius 3 is 2.81 bits per heavy atom. The number of para-hydroxylation sites is 1. The number of benzene rings is 1. The van der Waals surface area contributed by atoms with Gasteiger partial charge in [0.1, 0.15) is 11.3 Å². The van der Waals surface area contributed by atoms with Crippen LogP contribution in [0.15, 0.2) is 40.1 Å². The van der Waals surface area contributed by atoms with Crippen LogP contribution in [0, 0.1) is 6.92 Å². The average molecular weight is 299 g/mol. The molecule has 0 bridgehead atoms. The molecule has 0 spiro atoms. The molecule has 21 heavy (non-hydrogen) atoms. The van der Waals surface area contributed by atoms with Crippen molar-refractivity contribution in [2.75, 3.05) is 0 Å². The molecule has 0 saturated carbocycles. The molecule has 3 rings (SSSR count). The average Bonchev–Trinajstić information content (AvgIpc) is 3.09. The van der Waals surface area contributed by atoms with Gasteiger partial charge < -0.3 is 9.73 Å². The van der Waals surface area contributed by atoms with Crippen LogP contribution in [0.2, 0.25) is 0 Å². The van der Waals surface area contributed by atoms with Crippen LogP contribution in [0.25, 0.3) is 11.0 Å². The number of fused-ring (bicyclic) bond motifs is 1. The standard InChI is InChI=1S/C18H21NOS/c1-4-14-9-10-21-17(14)11-19-13(3)18-12(2)15-7-5-6-8-16(15)20-18/h5-10,13,19H,4,11H2,1-3H3. The third kappa shape index (κ3) is 2.76. The number of thiophene rings is 1. The van der Waals surface area contributed by atoms with Crippen LogP contribution < -0.4 is 5.32 Å². The van der Waals surface area contributed by atoms with Crippen LogP contribution >= 0.6 is 11.3 Å². The molecule has 0 aliphatic heterocycles. The second-order valence-corrected chi connectivity index (χ2v) is 6.41. The number of hydrogen-bond donors (Lipinski definition) is 1. The number of rotatable bonds is 5. The number of furan rings is 1. The van der Waals surface area contributed by atoms with E-state index in [1.165, 1.54) is 21.4 Å². The molecular weight excluding hydrogens is 278 g/mol. The molecule has 1 unspecified atom stereocenters. The maximum atomic E-state index is 6.03. The van der Waals surface area contributed by atoms with Gasteiger partial charge in [0.15, 0.2) is 0 Å². The zero-order chi connectivity index (χ0) is 14.8. The van der Waals surface area contributed by atoms with Crippen molar-refractivity contribution < 1.29 is 4.42 Å². The minimum Gasteiger partial charge on any atom is -0.459 e. The fraction of sp³-hybridized carbons (Fsp3) is 0.333. The molecular formula is C18H21NOS. The van der Waals surface area contributed by atoms with E-state index < -0.39 is 0 Å². The lowest BCUT2D eigenvalue weighted by molar-refractivity contribution is 0.448. The minimum atomic E-state index is 0.212. The molecule has 3 heteroatoms. The SMILES string of the molecule is CCc1ccsc1CNC(C)c1oc2ccccc2c1C. The second-order valence-electron chi connectivity index (χ2n) is 5.41. The van der Waals surface area contributed by atoms with Crippen LogP contribution in [0.3, 0.4) is 0 Å². The fourth-order valence-electron chi connectivity index (χ4n) is 2.78. The third-order valence-corrected chi connectivity index (χ3v) is 5.02. The third-order valence-electron chi connectivity index (χ3n) is 4.06. The molecule has 0 saturated heterocycles. The molecule has 110 valence electrons. The van der Waals surface area contributed by atoms with E-state index in [2.05, 4.69) is 49.7 Å². The van der Waals surface area contributed by atoms with E-state index in [1.807, 2.05) is 23.5 Å². The van der Waals surface area contributed by atoms with E-state index in [1.54, 1.807) is 0 Å². The van der Waals surface area contributed by atoms with E-state index in [4.69, 9.17) is 4.42 Å². The van der Waals surface area contributed by atoms with Gasteiger partial charge in [-0.25, -0.2) is 0 Å². The van der Waals surface area contributed by atoms with E-state index in [0.717, 1.165) is 24.3 Å². The number of hydrogen-bond acceptors (Lipinski definition) is 3. The summed E-state index contributed by atoms with van der Waals surface area (Å²) >= 11 is 1.83. The highest BCUT2D eigenvalue weighted by molar-refractivity contribution is 7.10. The molecule has 0 aliphatic rings. The largest absolute Gasteiger partial charge is 0.459 e. The van der Waals surface area contributed by atoms with Crippen molar-refractivity contribution in [3.63, 3.8) is 0 Å². The number of nitrogens with one attached hydrogen (secondary N) is 1. The van der Waals surface area contributed by atoms with Crippen molar-refractivity contribution in [2.24, 2.45) is 0 Å². The normalized spacial score (nSPS) is 12.9. The summed E-state index contributed by atoms with van der Waals surface area (Å²) in [6, 6.07) is 10.7. The van der Waals surface area contributed by atoms with E-state index in [0.29, 0.717) is 0 Å². The summed E-state index contributed by atoms with van der Waals surface area (Å²) in [4.78, 5) is 1.43. The maximum absolute atomic E-state index is 6.03. The Balaban J connectivity index is 1.78. The van der Waals surface area contributed by atoms with Crippen LogP contribution in [-0.4, -0.2) is 0 Å². The van der Waals surface area contributed by atoms with Gasteiger partial charge in [0.25, 0.3) is 0 Å². The molecule has 2 nitrogen and oxygen atoms in total. The van der Waals surface area contributed by atoms with Crippen LogP contribution in [0.5, 0.6) is 0 Å². The molecule has 1 aromatic carbocycles. The molecule has 0 fully saturated rings. The highest BCUT2D eigenvalue weighted by atomic mass is 32.1. The van der Waals surface area contributed by atoms with Gasteiger partial charge in [0.2, 0.25) is 0 Å². The predicted molar refractivity (Wildman–Crippen MR) is 89.9 cm³/mol. The van der Waals surface area contributed by atoms with Gasteiger partial charge in [-0.15, -0.1) is 11.3 Å². The molecule has 1 N–H and O–H groups in total. The first-order chi connectivity index (χ1) is 10.2. The van der Waals surface area contributed by atoms with Crippen molar-refractivity contribution in [1.82, 2.24) is 5.32 Å². The first-order valence-electron chi connectivity index (χ1n) is 7.47. The molecule has 1 atom stereocenters. The second kappa shape index (κ2) is 6.04. The topological polar surface area (TPSA) is 25.2 Å². The van der Waals surface area contributed by atoms with Crippen molar-refractivity contribution in [1.29, 1.82) is 0 Å². The molecule has 3 aromatic rings. The van der Waals surface area contributed by atoms with E-state index in [9.17, 15) is 0 Å². The summed E-state index contributed by atoms with van der Waals surface area (Å²) < 4.78 is 6.03. The van der Waals surface area contributed by atoms with Crippen LogP contribution in [0.4, 0.5) is 0 Å². The lowest BCUT2D eigenvalue weighted by Crippen LogP contribution is -2.18. The summed E-state index contributed by atoms with van der Waals surface area (Å²) in [5, 5.41) is 6.98. The smallest absolute Gasteiger partial charge is 0.134 e. The molecule has 2 aromatic heterocycles. The van der Waals surface area contributed by atoms with Gasteiger partial charge in [0.05, 0.1) is 6.04 Å². The Kier molecular flexibility index (Phi) is 4.13. The number of aryl methyl sites for hydroxylation is 2. The van der Waals surface area contributed by atoms with Crippen molar-refractivity contribution in [2.45, 2.75) is 39.8 Å². The van der Waals surface area contributed by atoms with Gasteiger partial charge in [-0.05, 0) is 48.9 Å². The van der Waals surface area contributed by atoms with Gasteiger partial charge in [0, 0.05) is 16.8 Å². The van der Waals surface area contributed by atoms with E-state index in [-0.39, 0.29) is 6.04 Å². The zero-order valence-corrected chi connectivity index (χ0v) is 13.6. The van der Waals surface area contributed by atoms with Crippen LogP contribution in [0.1, 0.15) is 41.7 Å². The Morgan fingerprint density at radius 1 is 1.24 bits per heavy atom. The fourth-order valence-corrected chi connectivity index (χ4v) is 3.71. The Labute approximate surface area is 129 Å².